The first-order valence-electron chi connectivity index (χ1n) is 14.5. The lowest BCUT2D eigenvalue weighted by Crippen LogP contribution is -2.58. The molecule has 0 saturated carbocycles. The van der Waals surface area contributed by atoms with Gasteiger partial charge < -0.3 is 14.5 Å². The lowest BCUT2D eigenvalue weighted by atomic mass is 9.96. The standard InChI is InChI=1S/C31H34ClF2N5O3S/c1-5-26(40)37-13-19(4)38(14-18(37)3)30-22-10-17(2)27(21-11-23(32)25(34)12-24(21)33)29-28(22)39(31(41)35-30)20(16-43-29)15-36-6-8-42-9-7-36/h5,10-12,18-20H,1,6-9,13-16H2,2-4H3/t18-,19+,20?/m1/s1. The Kier molecular flexibility index (Phi) is 8.27. The van der Waals surface area contributed by atoms with Crippen LogP contribution in [0.25, 0.3) is 22.0 Å². The van der Waals surface area contributed by atoms with Crippen LogP contribution in [0.4, 0.5) is 14.6 Å². The van der Waals surface area contributed by atoms with Gasteiger partial charge in [-0.05, 0) is 44.5 Å². The van der Waals surface area contributed by atoms with Gasteiger partial charge >= 0.3 is 5.69 Å². The summed E-state index contributed by atoms with van der Waals surface area (Å²) in [4.78, 5) is 38.1. The molecule has 1 amide bonds. The van der Waals surface area contributed by atoms with E-state index < -0.39 is 11.6 Å². The van der Waals surface area contributed by atoms with Crippen molar-refractivity contribution in [2.24, 2.45) is 0 Å². The van der Waals surface area contributed by atoms with Crippen molar-refractivity contribution in [3.05, 3.63) is 63.6 Å². The van der Waals surface area contributed by atoms with Gasteiger partial charge in [-0.15, -0.1) is 11.8 Å². The van der Waals surface area contributed by atoms with E-state index in [9.17, 15) is 14.0 Å². The summed E-state index contributed by atoms with van der Waals surface area (Å²) in [7, 11) is 0. The first-order chi connectivity index (χ1) is 20.6. The van der Waals surface area contributed by atoms with E-state index in [4.69, 9.17) is 16.3 Å². The molecule has 12 heteroatoms. The number of halogens is 3. The third-order valence-corrected chi connectivity index (χ3v) is 10.2. The molecule has 0 aliphatic carbocycles. The fourth-order valence-corrected chi connectivity index (χ4v) is 8.09. The molecule has 3 aromatic rings. The summed E-state index contributed by atoms with van der Waals surface area (Å²) < 4.78 is 36.8. The van der Waals surface area contributed by atoms with Crippen molar-refractivity contribution < 1.29 is 18.3 Å². The van der Waals surface area contributed by atoms with Gasteiger partial charge in [0.25, 0.3) is 0 Å². The second-order valence-electron chi connectivity index (χ2n) is 11.6. The van der Waals surface area contributed by atoms with Gasteiger partial charge in [-0.25, -0.2) is 13.6 Å². The Labute approximate surface area is 258 Å². The molecule has 3 aliphatic heterocycles. The number of piperazine rings is 1. The monoisotopic (exact) mass is 629 g/mol. The molecule has 3 aliphatic rings. The van der Waals surface area contributed by atoms with Crippen LogP contribution < -0.4 is 10.6 Å². The van der Waals surface area contributed by atoms with Gasteiger partial charge in [0.2, 0.25) is 5.91 Å². The van der Waals surface area contributed by atoms with Crippen molar-refractivity contribution in [3.8, 4) is 11.1 Å². The Balaban J connectivity index is 1.56. The third-order valence-electron chi connectivity index (χ3n) is 8.69. The quantitative estimate of drug-likeness (QED) is 0.294. The Morgan fingerprint density at radius 1 is 1.16 bits per heavy atom. The topological polar surface area (TPSA) is 70.9 Å². The number of benzene rings is 2. The van der Waals surface area contributed by atoms with Crippen molar-refractivity contribution in [2.45, 2.75) is 43.8 Å². The summed E-state index contributed by atoms with van der Waals surface area (Å²) in [6, 6.07) is 3.65. The number of hydrogen-bond acceptors (Lipinski definition) is 7. The van der Waals surface area contributed by atoms with E-state index in [-0.39, 0.29) is 40.3 Å². The maximum absolute atomic E-state index is 15.3. The SMILES string of the molecule is C=CC(=O)N1C[C@H](C)N(c2nc(=O)n3c4c(c(-c5cc(Cl)c(F)cc5F)c(C)cc24)SCC3CN2CCOCC2)C[C@H]1C. The van der Waals surface area contributed by atoms with Gasteiger partial charge in [0.15, 0.2) is 0 Å². The predicted molar refractivity (Wildman–Crippen MR) is 166 cm³/mol. The van der Waals surface area contributed by atoms with Crippen LogP contribution in [0, 0.1) is 18.6 Å². The van der Waals surface area contributed by atoms with Gasteiger partial charge in [-0.2, -0.15) is 4.98 Å². The molecule has 0 spiro atoms. The normalized spacial score (nSPS) is 22.7. The number of aryl methyl sites for hydroxylation is 1. The number of thioether (sulfide) groups is 1. The fourth-order valence-electron chi connectivity index (χ4n) is 6.55. The second kappa shape index (κ2) is 11.8. The average molecular weight is 630 g/mol. The third kappa shape index (κ3) is 5.34. The van der Waals surface area contributed by atoms with Crippen molar-refractivity contribution in [3.63, 3.8) is 0 Å². The van der Waals surface area contributed by atoms with E-state index in [0.717, 1.165) is 35.0 Å². The Morgan fingerprint density at radius 3 is 2.63 bits per heavy atom. The smallest absolute Gasteiger partial charge is 0.350 e. The van der Waals surface area contributed by atoms with Crippen LogP contribution in [0.5, 0.6) is 0 Å². The average Bonchev–Trinajstić information content (AvgIpc) is 2.98. The van der Waals surface area contributed by atoms with Crippen molar-refractivity contribution in [2.75, 3.05) is 56.6 Å². The second-order valence-corrected chi connectivity index (χ2v) is 13.0. The first kappa shape index (κ1) is 30.1. The number of amides is 1. The summed E-state index contributed by atoms with van der Waals surface area (Å²) in [6.07, 6.45) is 1.32. The molecule has 8 nitrogen and oxygen atoms in total. The molecular formula is C31H34ClF2N5O3S. The highest BCUT2D eigenvalue weighted by atomic mass is 35.5. The molecular weight excluding hydrogens is 596 g/mol. The minimum absolute atomic E-state index is 0.123. The van der Waals surface area contributed by atoms with Crippen molar-refractivity contribution in [1.82, 2.24) is 19.4 Å². The van der Waals surface area contributed by atoms with Crippen molar-refractivity contribution >= 4 is 46.0 Å². The highest BCUT2D eigenvalue weighted by Crippen LogP contribution is 2.47. The molecule has 2 saturated heterocycles. The maximum Gasteiger partial charge on any atom is 0.350 e. The molecule has 2 fully saturated rings. The van der Waals surface area contributed by atoms with E-state index in [1.807, 2.05) is 26.8 Å². The van der Waals surface area contributed by atoms with Gasteiger partial charge in [-0.3, -0.25) is 14.3 Å². The van der Waals surface area contributed by atoms with Gasteiger partial charge in [0.05, 0.1) is 29.8 Å². The van der Waals surface area contributed by atoms with Crippen LogP contribution in [0.3, 0.4) is 0 Å². The minimum atomic E-state index is -0.825. The highest BCUT2D eigenvalue weighted by Gasteiger charge is 2.36. The lowest BCUT2D eigenvalue weighted by molar-refractivity contribution is -0.128. The van der Waals surface area contributed by atoms with E-state index in [1.165, 1.54) is 12.1 Å². The summed E-state index contributed by atoms with van der Waals surface area (Å²) in [5, 5.41) is 0.614. The summed E-state index contributed by atoms with van der Waals surface area (Å²) in [6.45, 7) is 13.9. The number of carbonyl (C=O) groups excluding carboxylic acids is 1. The number of carbonyl (C=O) groups is 1. The predicted octanol–water partition coefficient (Wildman–Crippen LogP) is 4.89. The molecule has 6 rings (SSSR count). The van der Waals surface area contributed by atoms with Crippen LogP contribution in [-0.4, -0.2) is 89.0 Å². The Hall–Kier alpha value is -2.99. The van der Waals surface area contributed by atoms with E-state index >= 15 is 4.39 Å². The summed E-state index contributed by atoms with van der Waals surface area (Å²) in [5.74, 6) is -0.545. The number of aromatic nitrogens is 2. The number of hydrogen-bond donors (Lipinski definition) is 0. The molecule has 4 heterocycles. The van der Waals surface area contributed by atoms with Gasteiger partial charge in [-0.1, -0.05) is 18.2 Å². The molecule has 0 radical (unpaired) electrons. The fraction of sp³-hybridized carbons (Fsp3) is 0.452. The molecule has 0 bridgehead atoms. The zero-order chi connectivity index (χ0) is 30.6. The zero-order valence-electron chi connectivity index (χ0n) is 24.4. The van der Waals surface area contributed by atoms with Crippen LogP contribution in [0.2, 0.25) is 5.02 Å². The molecule has 0 N–H and O–H groups in total. The Bertz CT molecular complexity index is 1680. The summed E-state index contributed by atoms with van der Waals surface area (Å²) in [5.41, 5.74) is 1.86. The molecule has 2 aromatic carbocycles. The van der Waals surface area contributed by atoms with E-state index in [0.29, 0.717) is 55.5 Å². The van der Waals surface area contributed by atoms with E-state index in [2.05, 4.69) is 21.4 Å². The van der Waals surface area contributed by atoms with Crippen LogP contribution in [0.15, 0.2) is 40.5 Å². The molecule has 1 unspecified atom stereocenters. The van der Waals surface area contributed by atoms with Crippen LogP contribution in [-0.2, 0) is 9.53 Å². The maximum atomic E-state index is 15.3. The van der Waals surface area contributed by atoms with Crippen molar-refractivity contribution in [1.29, 1.82) is 0 Å². The van der Waals surface area contributed by atoms with Crippen LogP contribution in [0.1, 0.15) is 25.5 Å². The van der Waals surface area contributed by atoms with Crippen LogP contribution >= 0.6 is 23.4 Å². The largest absolute Gasteiger partial charge is 0.379 e. The number of ether oxygens (including phenoxy) is 1. The highest BCUT2D eigenvalue weighted by molar-refractivity contribution is 7.99. The molecule has 228 valence electrons. The molecule has 3 atom stereocenters. The molecule has 43 heavy (non-hydrogen) atoms. The molecule has 1 aromatic heterocycles. The minimum Gasteiger partial charge on any atom is -0.379 e. The first-order valence-corrected chi connectivity index (χ1v) is 15.8. The van der Waals surface area contributed by atoms with Gasteiger partial charge in [0.1, 0.15) is 17.5 Å². The lowest BCUT2D eigenvalue weighted by Gasteiger charge is -2.45. The number of morpholine rings is 1. The van der Waals surface area contributed by atoms with E-state index in [1.54, 1.807) is 21.2 Å². The number of nitrogens with zero attached hydrogens (tertiary/aromatic N) is 5. The summed E-state index contributed by atoms with van der Waals surface area (Å²) >= 11 is 7.71. The zero-order valence-corrected chi connectivity index (χ0v) is 26.0. The number of rotatable bonds is 5. The van der Waals surface area contributed by atoms with Gasteiger partial charge in [0, 0.05) is 78.0 Å². The Morgan fingerprint density at radius 2 is 1.91 bits per heavy atom. The number of anilines is 1.